The van der Waals surface area contributed by atoms with E-state index in [0.717, 1.165) is 5.82 Å². The van der Waals surface area contributed by atoms with Crippen LogP contribution in [0.5, 0.6) is 0 Å². The predicted molar refractivity (Wildman–Crippen MR) is 87.9 cm³/mol. The number of benzene rings is 1. The van der Waals surface area contributed by atoms with Gasteiger partial charge in [0.2, 0.25) is 0 Å². The van der Waals surface area contributed by atoms with Gasteiger partial charge in [-0.2, -0.15) is 5.10 Å². The van der Waals surface area contributed by atoms with Gasteiger partial charge >= 0.3 is 5.97 Å². The Balaban J connectivity index is 1.62. The van der Waals surface area contributed by atoms with E-state index < -0.39 is 5.97 Å². The van der Waals surface area contributed by atoms with Crippen LogP contribution in [0.3, 0.4) is 0 Å². The van der Waals surface area contributed by atoms with Crippen molar-refractivity contribution in [1.82, 2.24) is 15.1 Å². The first-order chi connectivity index (χ1) is 11.7. The molecule has 0 spiro atoms. The fraction of sp³-hybridized carbons (Fsp3) is 0.294. The fourth-order valence-electron chi connectivity index (χ4n) is 2.65. The second-order valence-corrected chi connectivity index (χ2v) is 5.43. The molecule has 1 saturated heterocycles. The van der Waals surface area contributed by atoms with E-state index in [2.05, 4.69) is 19.8 Å². The topological polar surface area (TPSA) is 75.6 Å². The van der Waals surface area contributed by atoms with E-state index in [0.29, 0.717) is 37.3 Å². The average Bonchev–Trinajstić information content (AvgIpc) is 2.68. The fourth-order valence-corrected chi connectivity index (χ4v) is 2.65. The molecule has 0 N–H and O–H groups in total. The van der Waals surface area contributed by atoms with Crippen LogP contribution in [-0.4, -0.2) is 60.3 Å². The third kappa shape index (κ3) is 3.34. The predicted octanol–water partition coefficient (Wildman–Crippen LogP) is 1.23. The molecule has 0 unspecified atom stereocenters. The van der Waals surface area contributed by atoms with Gasteiger partial charge in [-0.05, 0) is 36.4 Å². The van der Waals surface area contributed by atoms with Crippen LogP contribution in [0.25, 0.3) is 0 Å². The van der Waals surface area contributed by atoms with Gasteiger partial charge in [0.05, 0.1) is 12.7 Å². The summed E-state index contributed by atoms with van der Waals surface area (Å²) in [5.41, 5.74) is 0.997. The Morgan fingerprint density at radius 2 is 1.67 bits per heavy atom. The molecule has 2 aromatic rings. The minimum Gasteiger partial charge on any atom is -0.465 e. The van der Waals surface area contributed by atoms with Crippen molar-refractivity contribution in [2.75, 3.05) is 38.2 Å². The third-order valence-electron chi connectivity index (χ3n) is 4.00. The van der Waals surface area contributed by atoms with E-state index >= 15 is 0 Å². The van der Waals surface area contributed by atoms with Gasteiger partial charge in [-0.15, -0.1) is 5.10 Å². The molecule has 1 aromatic heterocycles. The quantitative estimate of drug-likeness (QED) is 0.790. The summed E-state index contributed by atoms with van der Waals surface area (Å²) >= 11 is 0. The number of piperazine rings is 1. The number of carbonyl (C=O) groups is 2. The van der Waals surface area contributed by atoms with Crippen LogP contribution >= 0.6 is 0 Å². The zero-order valence-electron chi connectivity index (χ0n) is 13.4. The lowest BCUT2D eigenvalue weighted by molar-refractivity contribution is 0.0599. The molecule has 2 heterocycles. The Labute approximate surface area is 139 Å². The molecule has 0 bridgehead atoms. The van der Waals surface area contributed by atoms with E-state index in [1.54, 1.807) is 35.4 Å². The monoisotopic (exact) mass is 326 g/mol. The molecule has 0 radical (unpaired) electrons. The lowest BCUT2D eigenvalue weighted by Crippen LogP contribution is -2.49. The average molecular weight is 326 g/mol. The lowest BCUT2D eigenvalue weighted by atomic mass is 10.1. The Morgan fingerprint density at radius 1 is 1.00 bits per heavy atom. The van der Waals surface area contributed by atoms with Gasteiger partial charge in [0.15, 0.2) is 5.82 Å². The molecule has 124 valence electrons. The summed E-state index contributed by atoms with van der Waals surface area (Å²) < 4.78 is 4.66. The molecule has 7 nitrogen and oxygen atoms in total. The van der Waals surface area contributed by atoms with E-state index in [4.69, 9.17) is 0 Å². The molecule has 0 atom stereocenters. The molecule has 1 fully saturated rings. The van der Waals surface area contributed by atoms with Gasteiger partial charge in [-0.1, -0.05) is 0 Å². The number of aromatic nitrogens is 2. The molecule has 3 rings (SSSR count). The number of anilines is 1. The molecular weight excluding hydrogens is 308 g/mol. The Hall–Kier alpha value is -2.96. The zero-order chi connectivity index (χ0) is 16.9. The summed E-state index contributed by atoms with van der Waals surface area (Å²) in [6.07, 6.45) is 1.64. The van der Waals surface area contributed by atoms with Gasteiger partial charge in [-0.25, -0.2) is 4.79 Å². The molecule has 0 saturated carbocycles. The first-order valence-electron chi connectivity index (χ1n) is 7.69. The van der Waals surface area contributed by atoms with Crippen LogP contribution in [0.4, 0.5) is 5.82 Å². The number of amides is 1. The zero-order valence-corrected chi connectivity index (χ0v) is 13.4. The van der Waals surface area contributed by atoms with E-state index in [9.17, 15) is 9.59 Å². The van der Waals surface area contributed by atoms with Gasteiger partial charge in [-0.3, -0.25) is 4.79 Å². The lowest BCUT2D eigenvalue weighted by Gasteiger charge is -2.35. The van der Waals surface area contributed by atoms with Crippen molar-refractivity contribution in [3.8, 4) is 0 Å². The summed E-state index contributed by atoms with van der Waals surface area (Å²) in [4.78, 5) is 27.9. The first kappa shape index (κ1) is 15.9. The van der Waals surface area contributed by atoms with E-state index in [1.807, 2.05) is 12.1 Å². The molecule has 1 amide bonds. The number of ether oxygens (including phenoxy) is 1. The number of hydrogen-bond donors (Lipinski definition) is 0. The molecule has 1 aliphatic heterocycles. The van der Waals surface area contributed by atoms with Crippen molar-refractivity contribution in [1.29, 1.82) is 0 Å². The maximum Gasteiger partial charge on any atom is 0.337 e. The molecule has 1 aromatic carbocycles. The number of rotatable bonds is 3. The van der Waals surface area contributed by atoms with Crippen molar-refractivity contribution in [2.24, 2.45) is 0 Å². The van der Waals surface area contributed by atoms with Crippen molar-refractivity contribution >= 4 is 17.7 Å². The van der Waals surface area contributed by atoms with Gasteiger partial charge < -0.3 is 14.5 Å². The largest absolute Gasteiger partial charge is 0.465 e. The molecular formula is C17H18N4O3. The summed E-state index contributed by atoms with van der Waals surface area (Å²) in [5.74, 6) is 0.379. The Kier molecular flexibility index (Phi) is 4.69. The number of hydrogen-bond acceptors (Lipinski definition) is 6. The first-order valence-corrected chi connectivity index (χ1v) is 7.69. The second kappa shape index (κ2) is 7.08. The van der Waals surface area contributed by atoms with Gasteiger partial charge in [0, 0.05) is 37.9 Å². The van der Waals surface area contributed by atoms with Crippen LogP contribution in [0.15, 0.2) is 42.6 Å². The highest BCUT2D eigenvalue weighted by Gasteiger charge is 2.23. The SMILES string of the molecule is COC(=O)c1ccc(C(=O)N2CCN(c3cccnn3)CC2)cc1. The van der Waals surface area contributed by atoms with E-state index in [1.165, 1.54) is 7.11 Å². The van der Waals surface area contributed by atoms with Crippen LogP contribution in [0.2, 0.25) is 0 Å². The summed E-state index contributed by atoms with van der Waals surface area (Å²) in [6, 6.07) is 10.3. The Bertz CT molecular complexity index is 710. The standard InChI is InChI=1S/C17H18N4O3/c1-24-17(23)14-6-4-13(5-7-14)16(22)21-11-9-20(10-12-21)15-3-2-8-18-19-15/h2-8H,9-12H2,1H3. The van der Waals surface area contributed by atoms with Crippen LogP contribution in [0, 0.1) is 0 Å². The third-order valence-corrected chi connectivity index (χ3v) is 4.00. The van der Waals surface area contributed by atoms with Crippen molar-refractivity contribution in [2.45, 2.75) is 0 Å². The van der Waals surface area contributed by atoms with Crippen molar-refractivity contribution < 1.29 is 14.3 Å². The highest BCUT2D eigenvalue weighted by molar-refractivity contribution is 5.96. The van der Waals surface area contributed by atoms with Crippen molar-refractivity contribution in [3.05, 3.63) is 53.7 Å². The van der Waals surface area contributed by atoms with Crippen molar-refractivity contribution in [3.63, 3.8) is 0 Å². The minimum atomic E-state index is -0.411. The highest BCUT2D eigenvalue weighted by Crippen LogP contribution is 2.14. The van der Waals surface area contributed by atoms with Gasteiger partial charge in [0.1, 0.15) is 0 Å². The summed E-state index contributed by atoms with van der Waals surface area (Å²) in [6.45, 7) is 2.66. The number of methoxy groups -OCH3 is 1. The van der Waals surface area contributed by atoms with Gasteiger partial charge in [0.25, 0.3) is 5.91 Å². The number of esters is 1. The second-order valence-electron chi connectivity index (χ2n) is 5.43. The van der Waals surface area contributed by atoms with Crippen LogP contribution < -0.4 is 4.90 Å². The molecule has 0 aliphatic carbocycles. The number of carbonyl (C=O) groups excluding carboxylic acids is 2. The highest BCUT2D eigenvalue weighted by atomic mass is 16.5. The van der Waals surface area contributed by atoms with Crippen LogP contribution in [-0.2, 0) is 4.74 Å². The maximum absolute atomic E-state index is 12.6. The molecule has 24 heavy (non-hydrogen) atoms. The Morgan fingerprint density at radius 3 is 2.25 bits per heavy atom. The smallest absolute Gasteiger partial charge is 0.337 e. The summed E-state index contributed by atoms with van der Waals surface area (Å²) in [7, 11) is 1.33. The normalized spacial score (nSPS) is 14.4. The van der Waals surface area contributed by atoms with E-state index in [-0.39, 0.29) is 5.91 Å². The number of nitrogens with zero attached hydrogens (tertiary/aromatic N) is 4. The summed E-state index contributed by atoms with van der Waals surface area (Å²) in [5, 5.41) is 7.97. The molecule has 7 heteroatoms. The minimum absolute atomic E-state index is 0.0368. The molecule has 1 aliphatic rings. The van der Waals surface area contributed by atoms with Crippen LogP contribution in [0.1, 0.15) is 20.7 Å². The maximum atomic E-state index is 12.6.